The predicted octanol–water partition coefficient (Wildman–Crippen LogP) is 5.04. The zero-order valence-electron chi connectivity index (χ0n) is 17.6. The highest BCUT2D eigenvalue weighted by Crippen LogP contribution is 2.23. The lowest BCUT2D eigenvalue weighted by Gasteiger charge is -2.10. The minimum Gasteiger partial charge on any atom is -0.453 e. The van der Waals surface area contributed by atoms with Gasteiger partial charge in [0.05, 0.1) is 0 Å². The number of hydrogen-bond acceptors (Lipinski definition) is 4. The monoisotopic (exact) mass is 470 g/mol. The summed E-state index contributed by atoms with van der Waals surface area (Å²) < 4.78 is 8.21. The van der Waals surface area contributed by atoms with E-state index in [9.17, 15) is 14.4 Å². The summed E-state index contributed by atoms with van der Waals surface area (Å²) in [5, 5.41) is 0. The van der Waals surface area contributed by atoms with Crippen molar-refractivity contribution >= 4 is 33.5 Å². The molecule has 0 bridgehead atoms. The van der Waals surface area contributed by atoms with Gasteiger partial charge in [0.25, 0.3) is 0 Å². The molecule has 6 nitrogen and oxygen atoms in total. The fourth-order valence-corrected chi connectivity index (χ4v) is 4.06. The highest BCUT2D eigenvalue weighted by Gasteiger charge is 2.23. The summed E-state index contributed by atoms with van der Waals surface area (Å²) in [5.41, 5.74) is 4.96. The van der Waals surface area contributed by atoms with Crippen molar-refractivity contribution in [2.45, 2.75) is 34.6 Å². The Morgan fingerprint density at radius 2 is 1.70 bits per heavy atom. The maximum Gasteiger partial charge on any atom is 0.355 e. The lowest BCUT2D eigenvalue weighted by Crippen LogP contribution is -2.16. The van der Waals surface area contributed by atoms with Gasteiger partial charge in [0.15, 0.2) is 12.4 Å². The number of aromatic nitrogens is 2. The van der Waals surface area contributed by atoms with Gasteiger partial charge in [0, 0.05) is 38.4 Å². The molecule has 0 unspecified atom stereocenters. The van der Waals surface area contributed by atoms with Crippen LogP contribution in [0, 0.1) is 27.7 Å². The maximum absolute atomic E-state index is 12.8. The molecule has 0 saturated carbocycles. The summed E-state index contributed by atoms with van der Waals surface area (Å²) in [6.45, 7) is 8.26. The summed E-state index contributed by atoms with van der Waals surface area (Å²) in [4.78, 5) is 39.9. The van der Waals surface area contributed by atoms with Crippen LogP contribution in [0.25, 0.3) is 5.69 Å². The fourth-order valence-electron chi connectivity index (χ4n) is 3.80. The molecule has 0 saturated heterocycles. The van der Waals surface area contributed by atoms with Gasteiger partial charge in [-0.1, -0.05) is 15.9 Å². The third-order valence-electron chi connectivity index (χ3n) is 5.14. The average Bonchev–Trinajstić information content (AvgIpc) is 3.15. The molecular weight excluding hydrogens is 448 g/mol. The van der Waals surface area contributed by atoms with Crippen LogP contribution in [0.5, 0.6) is 0 Å². The van der Waals surface area contributed by atoms with E-state index in [1.165, 1.54) is 6.92 Å². The Hall–Kier alpha value is -2.93. The quantitative estimate of drug-likeness (QED) is 0.403. The minimum atomic E-state index is -0.654. The molecule has 0 aliphatic rings. The van der Waals surface area contributed by atoms with Crippen LogP contribution in [-0.2, 0) is 4.74 Å². The lowest BCUT2D eigenvalue weighted by atomic mass is 10.1. The molecule has 0 amide bonds. The second-order valence-electron chi connectivity index (χ2n) is 7.28. The highest BCUT2D eigenvalue weighted by molar-refractivity contribution is 9.10. The Bertz CT molecular complexity index is 1150. The van der Waals surface area contributed by atoms with E-state index in [0.29, 0.717) is 22.4 Å². The zero-order chi connectivity index (χ0) is 22.2. The number of H-pyrrole nitrogens is 1. The molecule has 0 aliphatic carbocycles. The van der Waals surface area contributed by atoms with Gasteiger partial charge >= 0.3 is 5.97 Å². The van der Waals surface area contributed by atoms with Crippen molar-refractivity contribution < 1.29 is 19.1 Å². The van der Waals surface area contributed by atoms with Crippen molar-refractivity contribution in [3.63, 3.8) is 0 Å². The van der Waals surface area contributed by atoms with Crippen molar-refractivity contribution in [2.24, 2.45) is 0 Å². The van der Waals surface area contributed by atoms with Crippen LogP contribution < -0.4 is 0 Å². The number of nitrogens with zero attached hydrogens (tertiary/aromatic N) is 1. The molecule has 0 aliphatic heterocycles. The van der Waals surface area contributed by atoms with Crippen LogP contribution in [0.15, 0.2) is 34.8 Å². The number of aromatic amines is 1. The van der Waals surface area contributed by atoms with E-state index >= 15 is 0 Å². The normalized spacial score (nSPS) is 10.9. The van der Waals surface area contributed by atoms with E-state index in [2.05, 4.69) is 20.9 Å². The van der Waals surface area contributed by atoms with Crippen LogP contribution in [0.4, 0.5) is 0 Å². The van der Waals surface area contributed by atoms with E-state index in [1.807, 2.05) is 42.7 Å². The second kappa shape index (κ2) is 8.44. The number of ketones is 2. The first-order chi connectivity index (χ1) is 14.1. The predicted molar refractivity (Wildman–Crippen MR) is 118 cm³/mol. The van der Waals surface area contributed by atoms with Crippen LogP contribution >= 0.6 is 15.9 Å². The number of carbonyl (C=O) groups is 3. The molecule has 3 aromatic rings. The molecule has 0 fully saturated rings. The summed E-state index contributed by atoms with van der Waals surface area (Å²) in [5.74, 6) is -1.07. The molecule has 3 rings (SSSR count). The van der Waals surface area contributed by atoms with Crippen LogP contribution in [0.3, 0.4) is 0 Å². The van der Waals surface area contributed by atoms with Crippen LogP contribution in [0.1, 0.15) is 60.8 Å². The molecule has 0 spiro atoms. The summed E-state index contributed by atoms with van der Waals surface area (Å²) >= 11 is 3.42. The van der Waals surface area contributed by atoms with E-state index in [4.69, 9.17) is 4.74 Å². The molecule has 30 heavy (non-hydrogen) atoms. The molecule has 1 aromatic carbocycles. The number of halogens is 1. The molecule has 2 aromatic heterocycles. The summed E-state index contributed by atoms with van der Waals surface area (Å²) in [6, 6.07) is 9.59. The zero-order valence-corrected chi connectivity index (χ0v) is 19.1. The molecule has 2 heterocycles. The summed E-state index contributed by atoms with van der Waals surface area (Å²) in [7, 11) is 0. The molecular formula is C23H23BrN2O4. The Morgan fingerprint density at radius 1 is 1.07 bits per heavy atom. The van der Waals surface area contributed by atoms with E-state index in [1.54, 1.807) is 19.9 Å². The van der Waals surface area contributed by atoms with Gasteiger partial charge in [-0.2, -0.15) is 0 Å². The second-order valence-corrected chi connectivity index (χ2v) is 8.19. The minimum absolute atomic E-state index is 0.128. The third-order valence-corrected chi connectivity index (χ3v) is 5.67. The third kappa shape index (κ3) is 4.03. The topological polar surface area (TPSA) is 81.2 Å². The fraction of sp³-hybridized carbons (Fsp3) is 0.261. The SMILES string of the molecule is CC(=O)c1c(C)[nH]c(C(=O)OCC(=O)c2cc(C)n(-c3ccc(Br)cc3)c2C)c1C. The Balaban J connectivity index is 1.78. The number of ether oxygens (including phenoxy) is 1. The van der Waals surface area contributed by atoms with Crippen molar-refractivity contribution in [3.05, 3.63) is 74.3 Å². The molecule has 7 heteroatoms. The molecule has 0 atom stereocenters. The first-order valence-electron chi connectivity index (χ1n) is 9.47. The Morgan fingerprint density at radius 3 is 2.27 bits per heavy atom. The van der Waals surface area contributed by atoms with E-state index in [0.717, 1.165) is 21.5 Å². The van der Waals surface area contributed by atoms with Crippen molar-refractivity contribution in [2.75, 3.05) is 6.61 Å². The molecule has 1 N–H and O–H groups in total. The number of Topliss-reactive ketones (excluding diaryl/α,β-unsaturated/α-hetero) is 2. The average molecular weight is 471 g/mol. The Labute approximate surface area is 183 Å². The number of nitrogens with one attached hydrogen (secondary N) is 1. The number of hydrogen-bond donors (Lipinski definition) is 1. The van der Waals surface area contributed by atoms with E-state index in [-0.39, 0.29) is 23.9 Å². The molecule has 156 valence electrons. The number of carbonyl (C=O) groups excluding carboxylic acids is 3. The van der Waals surface area contributed by atoms with Gasteiger partial charge < -0.3 is 14.3 Å². The summed E-state index contributed by atoms with van der Waals surface area (Å²) in [6.07, 6.45) is 0. The standard InChI is InChI=1S/C23H23BrN2O4/c1-12-10-19(15(4)26(12)18-8-6-17(24)7-9-18)20(28)11-30-23(29)22-13(2)21(16(5)27)14(3)25-22/h6-10,25H,11H2,1-5H3. The van der Waals surface area contributed by atoms with Crippen LogP contribution in [0.2, 0.25) is 0 Å². The number of esters is 1. The van der Waals surface area contributed by atoms with Gasteiger partial charge in [-0.3, -0.25) is 9.59 Å². The molecule has 0 radical (unpaired) electrons. The van der Waals surface area contributed by atoms with Gasteiger partial charge in [0.1, 0.15) is 5.69 Å². The van der Waals surface area contributed by atoms with Gasteiger partial charge in [-0.05, 0) is 70.5 Å². The number of benzene rings is 1. The van der Waals surface area contributed by atoms with Crippen molar-refractivity contribution in [3.8, 4) is 5.69 Å². The Kier molecular flexibility index (Phi) is 6.12. The smallest absolute Gasteiger partial charge is 0.355 e. The highest BCUT2D eigenvalue weighted by atomic mass is 79.9. The number of aryl methyl sites for hydroxylation is 2. The maximum atomic E-state index is 12.8. The van der Waals surface area contributed by atoms with Crippen molar-refractivity contribution in [1.29, 1.82) is 0 Å². The largest absolute Gasteiger partial charge is 0.453 e. The first-order valence-corrected chi connectivity index (χ1v) is 10.3. The van der Waals surface area contributed by atoms with Gasteiger partial charge in [-0.15, -0.1) is 0 Å². The van der Waals surface area contributed by atoms with Crippen LogP contribution in [-0.4, -0.2) is 33.7 Å². The van der Waals surface area contributed by atoms with Gasteiger partial charge in [-0.25, -0.2) is 4.79 Å². The lowest BCUT2D eigenvalue weighted by molar-refractivity contribution is 0.0468. The first kappa shape index (κ1) is 21.8. The number of rotatable bonds is 6. The van der Waals surface area contributed by atoms with E-state index < -0.39 is 5.97 Å². The van der Waals surface area contributed by atoms with Crippen molar-refractivity contribution in [1.82, 2.24) is 9.55 Å². The van der Waals surface area contributed by atoms with Gasteiger partial charge in [0.2, 0.25) is 5.78 Å².